The number of anilines is 2. The van der Waals surface area contributed by atoms with E-state index in [1.54, 1.807) is 0 Å². The van der Waals surface area contributed by atoms with Gasteiger partial charge in [-0.1, -0.05) is 65.7 Å². The lowest BCUT2D eigenvalue weighted by Crippen LogP contribution is -2.43. The molecule has 0 aliphatic carbocycles. The normalized spacial score (nSPS) is 16.5. The fraction of sp³-hybridized carbons (Fsp3) is 0.480. The smallest absolute Gasteiger partial charge is 0.146 e. The molecule has 2 aromatic rings. The highest BCUT2D eigenvalue weighted by Gasteiger charge is 2.42. The molecular weight excluding hydrogens is 356 g/mol. The molecule has 0 saturated heterocycles. The molecule has 0 radical (unpaired) electrons. The van der Waals surface area contributed by atoms with Crippen molar-refractivity contribution >= 4 is 19.6 Å². The Bertz CT molecular complexity index is 853. The molecule has 1 aliphatic rings. The molecule has 148 valence electrons. The zero-order valence-electron chi connectivity index (χ0n) is 18.5. The molecular formula is C25H34N2Si. The predicted molar refractivity (Wildman–Crippen MR) is 124 cm³/mol. The Kier molecular flexibility index (Phi) is 6.00. The maximum Gasteiger partial charge on any atom is 0.146 e. The number of nitrogens with zero attached hydrogens (tertiary/aromatic N) is 2. The summed E-state index contributed by atoms with van der Waals surface area (Å²) in [7, 11) is -1.76. The van der Waals surface area contributed by atoms with Crippen molar-refractivity contribution in [3.63, 3.8) is 0 Å². The van der Waals surface area contributed by atoms with Crippen LogP contribution in [0.15, 0.2) is 42.6 Å². The van der Waals surface area contributed by atoms with Crippen LogP contribution in [0.25, 0.3) is 0 Å². The summed E-state index contributed by atoms with van der Waals surface area (Å²) >= 11 is 0. The van der Waals surface area contributed by atoms with Gasteiger partial charge in [-0.15, -0.1) is 5.54 Å². The third kappa shape index (κ3) is 3.51. The first-order valence-corrected chi connectivity index (χ1v) is 12.9. The van der Waals surface area contributed by atoms with Crippen molar-refractivity contribution in [2.75, 3.05) is 4.90 Å². The lowest BCUT2D eigenvalue weighted by molar-refractivity contribution is 0.750. The highest BCUT2D eigenvalue weighted by atomic mass is 28.3. The molecule has 3 rings (SSSR count). The van der Waals surface area contributed by atoms with Gasteiger partial charge in [0.05, 0.1) is 5.69 Å². The van der Waals surface area contributed by atoms with E-state index < -0.39 is 8.07 Å². The second-order valence-corrected chi connectivity index (χ2v) is 14.7. The van der Waals surface area contributed by atoms with E-state index in [9.17, 15) is 0 Å². The van der Waals surface area contributed by atoms with Crippen LogP contribution in [-0.2, 0) is 6.42 Å². The SMILES string of the molecule is CC(C)[Si](C#Cc1cccc2c1N(c1ccccn1)[C@@H](C)C2)(C(C)C)C(C)C. The molecule has 1 aromatic heterocycles. The third-order valence-corrected chi connectivity index (χ3v) is 12.8. The van der Waals surface area contributed by atoms with E-state index in [4.69, 9.17) is 0 Å². The zero-order valence-corrected chi connectivity index (χ0v) is 19.5. The molecule has 1 aliphatic heterocycles. The first-order chi connectivity index (χ1) is 13.3. The van der Waals surface area contributed by atoms with Crippen molar-refractivity contribution in [1.29, 1.82) is 0 Å². The van der Waals surface area contributed by atoms with E-state index in [2.05, 4.69) is 100 Å². The molecule has 2 heterocycles. The molecule has 0 spiro atoms. The first kappa shape index (κ1) is 20.7. The summed E-state index contributed by atoms with van der Waals surface area (Å²) in [6.45, 7) is 16.5. The summed E-state index contributed by atoms with van der Waals surface area (Å²) < 4.78 is 0. The molecule has 0 N–H and O–H groups in total. The Morgan fingerprint density at radius 1 is 0.964 bits per heavy atom. The van der Waals surface area contributed by atoms with E-state index in [1.807, 2.05) is 12.3 Å². The zero-order chi connectivity index (χ0) is 20.5. The van der Waals surface area contributed by atoms with Crippen LogP contribution in [0.2, 0.25) is 16.6 Å². The van der Waals surface area contributed by atoms with Crippen molar-refractivity contribution in [1.82, 2.24) is 4.98 Å². The number of benzene rings is 1. The van der Waals surface area contributed by atoms with Gasteiger partial charge in [-0.05, 0) is 53.7 Å². The minimum absolute atomic E-state index is 0.398. The van der Waals surface area contributed by atoms with Gasteiger partial charge in [-0.25, -0.2) is 4.98 Å². The van der Waals surface area contributed by atoms with Crippen LogP contribution in [0.4, 0.5) is 11.5 Å². The topological polar surface area (TPSA) is 16.1 Å². The molecule has 0 fully saturated rings. The third-order valence-electron chi connectivity index (χ3n) is 6.49. The van der Waals surface area contributed by atoms with Crippen LogP contribution in [-0.4, -0.2) is 19.1 Å². The number of hydrogen-bond acceptors (Lipinski definition) is 2. The van der Waals surface area contributed by atoms with Crippen LogP contribution < -0.4 is 4.90 Å². The van der Waals surface area contributed by atoms with Gasteiger partial charge in [0.15, 0.2) is 0 Å². The predicted octanol–water partition coefficient (Wildman–Crippen LogP) is 6.73. The van der Waals surface area contributed by atoms with Crippen molar-refractivity contribution in [3.8, 4) is 11.5 Å². The summed E-state index contributed by atoms with van der Waals surface area (Å²) in [4.78, 5) is 7.01. The molecule has 0 amide bonds. The molecule has 1 aromatic carbocycles. The fourth-order valence-electron chi connectivity index (χ4n) is 5.22. The summed E-state index contributed by atoms with van der Waals surface area (Å²) in [6.07, 6.45) is 2.92. The largest absolute Gasteiger partial charge is 0.322 e. The van der Waals surface area contributed by atoms with Gasteiger partial charge < -0.3 is 4.90 Å². The van der Waals surface area contributed by atoms with Crippen molar-refractivity contribution < 1.29 is 0 Å². The highest BCUT2D eigenvalue weighted by Crippen LogP contribution is 2.42. The fourth-order valence-corrected chi connectivity index (χ4v) is 10.4. The van der Waals surface area contributed by atoms with Crippen LogP contribution in [0.3, 0.4) is 0 Å². The van der Waals surface area contributed by atoms with Crippen molar-refractivity contribution in [2.45, 2.75) is 77.6 Å². The van der Waals surface area contributed by atoms with Crippen LogP contribution in [0.5, 0.6) is 0 Å². The highest BCUT2D eigenvalue weighted by molar-refractivity contribution is 6.90. The Balaban J connectivity index is 2.13. The quantitative estimate of drug-likeness (QED) is 0.425. The summed E-state index contributed by atoms with van der Waals surface area (Å²) in [6, 6.07) is 13.2. The maximum absolute atomic E-state index is 4.63. The van der Waals surface area contributed by atoms with Crippen molar-refractivity contribution in [2.24, 2.45) is 0 Å². The first-order valence-electron chi connectivity index (χ1n) is 10.6. The van der Waals surface area contributed by atoms with E-state index in [0.717, 1.165) is 17.8 Å². The monoisotopic (exact) mass is 390 g/mol. The van der Waals surface area contributed by atoms with Crippen LogP contribution in [0.1, 0.15) is 59.6 Å². The van der Waals surface area contributed by atoms with Crippen LogP contribution in [0, 0.1) is 11.5 Å². The van der Waals surface area contributed by atoms with Gasteiger partial charge in [0, 0.05) is 17.8 Å². The summed E-state index contributed by atoms with van der Waals surface area (Å²) in [5.74, 6) is 4.71. The minimum atomic E-state index is -1.76. The van der Waals surface area contributed by atoms with Crippen LogP contribution >= 0.6 is 0 Å². The molecule has 28 heavy (non-hydrogen) atoms. The van der Waals surface area contributed by atoms with Gasteiger partial charge in [0.2, 0.25) is 0 Å². The van der Waals surface area contributed by atoms with Gasteiger partial charge in [-0.3, -0.25) is 0 Å². The maximum atomic E-state index is 4.63. The molecule has 1 atom stereocenters. The molecule has 0 unspecified atom stereocenters. The summed E-state index contributed by atoms with van der Waals surface area (Å²) in [5.41, 5.74) is 9.64. The van der Waals surface area contributed by atoms with E-state index in [0.29, 0.717) is 22.7 Å². The lowest BCUT2D eigenvalue weighted by Gasteiger charge is -2.38. The molecule has 0 saturated carbocycles. The molecule has 3 heteroatoms. The summed E-state index contributed by atoms with van der Waals surface area (Å²) in [5, 5.41) is 0. The number of fused-ring (bicyclic) bond motifs is 1. The van der Waals surface area contributed by atoms with Gasteiger partial charge >= 0.3 is 0 Å². The lowest BCUT2D eigenvalue weighted by atomic mass is 10.1. The number of rotatable bonds is 4. The molecule has 0 bridgehead atoms. The number of pyridine rings is 1. The average molecular weight is 391 g/mol. The van der Waals surface area contributed by atoms with Crippen molar-refractivity contribution in [3.05, 3.63) is 53.7 Å². The van der Waals surface area contributed by atoms with Gasteiger partial charge in [0.1, 0.15) is 13.9 Å². The Morgan fingerprint density at radius 3 is 2.21 bits per heavy atom. The minimum Gasteiger partial charge on any atom is -0.322 e. The Hall–Kier alpha value is -2.05. The van der Waals surface area contributed by atoms with E-state index in [-0.39, 0.29) is 0 Å². The van der Waals surface area contributed by atoms with E-state index >= 15 is 0 Å². The molecule has 2 nitrogen and oxygen atoms in total. The Morgan fingerprint density at radius 2 is 1.64 bits per heavy atom. The number of para-hydroxylation sites is 1. The van der Waals surface area contributed by atoms with E-state index in [1.165, 1.54) is 11.3 Å². The second-order valence-electron chi connectivity index (χ2n) is 9.07. The number of aromatic nitrogens is 1. The second kappa shape index (κ2) is 8.13. The standard InChI is InChI=1S/C25H34N2Si/c1-18(2)28(19(3)4,20(5)6)16-14-22-11-10-12-23-17-21(7)27(25(22)23)24-13-8-9-15-26-24/h8-13,15,18-21H,17H2,1-7H3/t21-/m0/s1. The number of hydrogen-bond donors (Lipinski definition) is 0. The van der Waals surface area contributed by atoms with Gasteiger partial charge in [0.25, 0.3) is 0 Å². The Labute approximate surface area is 172 Å². The average Bonchev–Trinajstić information content (AvgIpc) is 2.98. The van der Waals surface area contributed by atoms with Gasteiger partial charge in [-0.2, -0.15) is 0 Å².